The zero-order valence-electron chi connectivity index (χ0n) is 12.4. The van der Waals surface area contributed by atoms with Crippen molar-refractivity contribution in [1.82, 2.24) is 19.8 Å². The minimum Gasteiger partial charge on any atom is -0.288 e. The smallest absolute Gasteiger partial charge is 0.288 e. The summed E-state index contributed by atoms with van der Waals surface area (Å²) in [5.41, 5.74) is 1.62. The summed E-state index contributed by atoms with van der Waals surface area (Å²) in [5.74, 6) is -0.817. The summed E-state index contributed by atoms with van der Waals surface area (Å²) >= 11 is 0. The zero-order valence-corrected chi connectivity index (χ0v) is 12.4. The molecule has 4 rings (SSSR count). The SMILES string of the molecule is O=C(NO)c1cc2ccc(C(F)(F)F)nc2n2c1nc1ccccc12. The summed E-state index contributed by atoms with van der Waals surface area (Å²) in [6, 6.07) is 10.2. The van der Waals surface area contributed by atoms with Gasteiger partial charge in [-0.1, -0.05) is 12.1 Å². The van der Waals surface area contributed by atoms with Crippen molar-refractivity contribution >= 4 is 33.6 Å². The number of hydrogen-bond donors (Lipinski definition) is 2. The molecule has 126 valence electrons. The first-order chi connectivity index (χ1) is 11.9. The van der Waals surface area contributed by atoms with E-state index < -0.39 is 17.8 Å². The van der Waals surface area contributed by atoms with Gasteiger partial charge in [-0.2, -0.15) is 13.2 Å². The second-order valence-electron chi connectivity index (χ2n) is 5.37. The maximum absolute atomic E-state index is 13.0. The van der Waals surface area contributed by atoms with E-state index in [1.165, 1.54) is 22.0 Å². The number of imidazole rings is 1. The molecule has 3 aromatic heterocycles. The molecule has 0 unspecified atom stereocenters. The second-order valence-corrected chi connectivity index (χ2v) is 5.37. The molecule has 0 aliphatic carbocycles. The largest absolute Gasteiger partial charge is 0.433 e. The fourth-order valence-corrected chi connectivity index (χ4v) is 2.78. The number of carbonyl (C=O) groups excluding carboxylic acids is 1. The number of nitrogens with zero attached hydrogens (tertiary/aromatic N) is 3. The monoisotopic (exact) mass is 346 g/mol. The first kappa shape index (κ1) is 15.3. The molecule has 9 heteroatoms. The molecule has 25 heavy (non-hydrogen) atoms. The van der Waals surface area contributed by atoms with Gasteiger partial charge < -0.3 is 0 Å². The van der Waals surface area contributed by atoms with Crippen molar-refractivity contribution < 1.29 is 23.2 Å². The number of halogens is 3. The minimum atomic E-state index is -4.60. The number of benzene rings is 1. The molecule has 0 bridgehead atoms. The maximum Gasteiger partial charge on any atom is 0.433 e. The molecule has 3 heterocycles. The Hall–Kier alpha value is -3.20. The van der Waals surface area contributed by atoms with Crippen molar-refractivity contribution in [3.8, 4) is 0 Å². The molecule has 0 saturated carbocycles. The van der Waals surface area contributed by atoms with Crippen LogP contribution in [0.15, 0.2) is 42.5 Å². The highest BCUT2D eigenvalue weighted by Crippen LogP contribution is 2.31. The molecule has 0 spiro atoms. The Morgan fingerprint density at radius 2 is 1.84 bits per heavy atom. The van der Waals surface area contributed by atoms with Gasteiger partial charge in [-0.25, -0.2) is 15.4 Å². The number of fused-ring (bicyclic) bond motifs is 5. The average molecular weight is 346 g/mol. The van der Waals surface area contributed by atoms with Crippen molar-refractivity contribution in [2.75, 3.05) is 0 Å². The highest BCUT2D eigenvalue weighted by molar-refractivity contribution is 6.05. The lowest BCUT2D eigenvalue weighted by molar-refractivity contribution is -0.141. The molecule has 0 atom stereocenters. The highest BCUT2D eigenvalue weighted by atomic mass is 19.4. The number of carbonyl (C=O) groups is 1. The summed E-state index contributed by atoms with van der Waals surface area (Å²) in [5, 5.41) is 9.25. The van der Waals surface area contributed by atoms with Gasteiger partial charge in [0.05, 0.1) is 16.6 Å². The standard InChI is InChI=1S/C16H9F3N4O2/c17-16(18,19)12-6-5-8-7-9(15(24)22-25)14-20-10-3-1-2-4-11(10)23(14)13(8)21-12/h1-7,25H,(H,22,24). The Balaban J connectivity index is 2.22. The van der Waals surface area contributed by atoms with E-state index in [9.17, 15) is 18.0 Å². The van der Waals surface area contributed by atoms with Crippen LogP contribution in [-0.2, 0) is 6.18 Å². The fourth-order valence-electron chi connectivity index (χ4n) is 2.78. The van der Waals surface area contributed by atoms with E-state index in [4.69, 9.17) is 5.21 Å². The van der Waals surface area contributed by atoms with Crippen LogP contribution < -0.4 is 5.48 Å². The number of amides is 1. The van der Waals surface area contributed by atoms with Crippen LogP contribution in [0.4, 0.5) is 13.2 Å². The van der Waals surface area contributed by atoms with E-state index in [1.54, 1.807) is 24.3 Å². The van der Waals surface area contributed by atoms with Crippen LogP contribution in [0.1, 0.15) is 16.1 Å². The van der Waals surface area contributed by atoms with Crippen molar-refractivity contribution in [2.45, 2.75) is 6.18 Å². The predicted octanol–water partition coefficient (Wildman–Crippen LogP) is 3.17. The summed E-state index contributed by atoms with van der Waals surface area (Å²) in [6.45, 7) is 0. The number of alkyl halides is 3. The third-order valence-electron chi connectivity index (χ3n) is 3.86. The minimum absolute atomic E-state index is 0.0211. The molecular weight excluding hydrogens is 337 g/mol. The quantitative estimate of drug-likeness (QED) is 0.410. The van der Waals surface area contributed by atoms with Gasteiger partial charge in [0.2, 0.25) is 0 Å². The molecule has 2 N–H and O–H groups in total. The third-order valence-corrected chi connectivity index (χ3v) is 3.86. The third kappa shape index (κ3) is 2.28. The molecule has 1 aromatic carbocycles. The van der Waals surface area contributed by atoms with Gasteiger partial charge in [0, 0.05) is 5.39 Å². The maximum atomic E-state index is 13.0. The van der Waals surface area contributed by atoms with Crippen LogP contribution >= 0.6 is 0 Å². The summed E-state index contributed by atoms with van der Waals surface area (Å²) < 4.78 is 40.5. The molecule has 0 fully saturated rings. The number of rotatable bonds is 1. The first-order valence-electron chi connectivity index (χ1n) is 7.13. The van der Waals surface area contributed by atoms with Crippen LogP contribution in [0.2, 0.25) is 0 Å². The van der Waals surface area contributed by atoms with Crippen LogP contribution in [0, 0.1) is 0 Å². The Labute approximate surface area is 137 Å². The number of hydroxylamine groups is 1. The van der Waals surface area contributed by atoms with Gasteiger partial charge in [-0.05, 0) is 30.3 Å². The molecule has 6 nitrogen and oxygen atoms in total. The fraction of sp³-hybridized carbons (Fsp3) is 0.0625. The second kappa shape index (κ2) is 5.15. The average Bonchev–Trinajstić information content (AvgIpc) is 2.98. The summed E-state index contributed by atoms with van der Waals surface area (Å²) in [6.07, 6.45) is -4.60. The number of nitrogens with one attached hydrogen (secondary N) is 1. The zero-order chi connectivity index (χ0) is 17.8. The Morgan fingerprint density at radius 3 is 2.56 bits per heavy atom. The van der Waals surface area contributed by atoms with Crippen LogP contribution in [0.25, 0.3) is 27.7 Å². The lowest BCUT2D eigenvalue weighted by atomic mass is 10.1. The van der Waals surface area contributed by atoms with Crippen molar-refractivity contribution in [1.29, 1.82) is 0 Å². The normalized spacial score (nSPS) is 12.2. The van der Waals surface area contributed by atoms with E-state index in [1.807, 2.05) is 0 Å². The van der Waals surface area contributed by atoms with Gasteiger partial charge in [0.15, 0.2) is 5.65 Å². The summed E-state index contributed by atoms with van der Waals surface area (Å²) in [7, 11) is 0. The topological polar surface area (TPSA) is 79.5 Å². The van der Waals surface area contributed by atoms with Crippen LogP contribution in [0.5, 0.6) is 0 Å². The molecule has 0 radical (unpaired) electrons. The Kier molecular flexibility index (Phi) is 3.16. The van der Waals surface area contributed by atoms with E-state index in [0.29, 0.717) is 16.4 Å². The van der Waals surface area contributed by atoms with E-state index in [-0.39, 0.29) is 16.9 Å². The lowest BCUT2D eigenvalue weighted by Crippen LogP contribution is -2.20. The number of aromatic nitrogens is 3. The van der Waals surface area contributed by atoms with Gasteiger partial charge >= 0.3 is 6.18 Å². The van der Waals surface area contributed by atoms with Gasteiger partial charge in [0.1, 0.15) is 11.3 Å². The lowest BCUT2D eigenvalue weighted by Gasteiger charge is -2.10. The van der Waals surface area contributed by atoms with Crippen molar-refractivity contribution in [3.63, 3.8) is 0 Å². The molecule has 1 amide bonds. The van der Waals surface area contributed by atoms with Gasteiger partial charge in [0.25, 0.3) is 5.91 Å². The van der Waals surface area contributed by atoms with Gasteiger partial charge in [-0.3, -0.25) is 14.4 Å². The predicted molar refractivity (Wildman–Crippen MR) is 82.3 cm³/mol. The van der Waals surface area contributed by atoms with E-state index in [0.717, 1.165) is 6.07 Å². The number of pyridine rings is 2. The van der Waals surface area contributed by atoms with Crippen molar-refractivity contribution in [3.05, 3.63) is 53.7 Å². The van der Waals surface area contributed by atoms with E-state index >= 15 is 0 Å². The van der Waals surface area contributed by atoms with Crippen LogP contribution in [0.3, 0.4) is 0 Å². The number of para-hydroxylation sites is 2. The Bertz CT molecular complexity index is 1150. The molecule has 0 aliphatic rings. The highest BCUT2D eigenvalue weighted by Gasteiger charge is 2.33. The van der Waals surface area contributed by atoms with Crippen LogP contribution in [-0.4, -0.2) is 25.5 Å². The van der Waals surface area contributed by atoms with E-state index in [2.05, 4.69) is 9.97 Å². The number of hydrogen-bond acceptors (Lipinski definition) is 4. The molecule has 0 saturated heterocycles. The molecule has 4 aromatic rings. The first-order valence-corrected chi connectivity index (χ1v) is 7.13. The van der Waals surface area contributed by atoms with Crippen molar-refractivity contribution in [2.24, 2.45) is 0 Å². The molecular formula is C16H9F3N4O2. The summed E-state index contributed by atoms with van der Waals surface area (Å²) in [4.78, 5) is 20.0. The molecule has 0 aliphatic heterocycles. The Morgan fingerprint density at radius 1 is 1.08 bits per heavy atom. The van der Waals surface area contributed by atoms with Gasteiger partial charge in [-0.15, -0.1) is 0 Å².